The smallest absolute Gasteiger partial charge is 0.0826 e. The van der Waals surface area contributed by atoms with E-state index in [-0.39, 0.29) is 0 Å². The van der Waals surface area contributed by atoms with Crippen LogP contribution in [0.4, 0.5) is 4.48 Å². The lowest BCUT2D eigenvalue weighted by Gasteiger charge is -1.89. The Hall–Kier alpha value is -2.09. The Morgan fingerprint density at radius 3 is 2.62 bits per heavy atom. The molecule has 1 aromatic heterocycles. The van der Waals surface area contributed by atoms with Gasteiger partial charge in [0.25, 0.3) is 0 Å². The maximum Gasteiger partial charge on any atom is 0.0826 e. The number of rotatable bonds is 2. The van der Waals surface area contributed by atoms with Crippen LogP contribution in [-0.4, -0.2) is 4.79 Å². The van der Waals surface area contributed by atoms with Crippen LogP contribution in [0.5, 0.6) is 0 Å². The van der Waals surface area contributed by atoms with E-state index in [4.69, 9.17) is 0 Å². The van der Waals surface area contributed by atoms with Gasteiger partial charge >= 0.3 is 0 Å². The summed E-state index contributed by atoms with van der Waals surface area (Å²) >= 11 is 0. The molecule has 1 heterocycles. The average molecular weight is 213 g/mol. The summed E-state index contributed by atoms with van der Waals surface area (Å²) in [5.74, 6) is 0. The van der Waals surface area contributed by atoms with E-state index in [1.54, 1.807) is 36.4 Å². The molecule has 0 atom stereocenters. The second-order valence-corrected chi connectivity index (χ2v) is 3.45. The third-order valence-electron chi connectivity index (χ3n) is 2.46. The van der Waals surface area contributed by atoms with Crippen molar-refractivity contribution in [2.75, 3.05) is 0 Å². The Balaban J connectivity index is 2.81. The van der Waals surface area contributed by atoms with Crippen LogP contribution in [0.2, 0.25) is 0 Å². The van der Waals surface area contributed by atoms with E-state index in [2.05, 4.69) is 13.2 Å². The van der Waals surface area contributed by atoms with Gasteiger partial charge in [-0.05, 0) is 12.1 Å². The molecule has 1 aromatic carbocycles. The van der Waals surface area contributed by atoms with Crippen molar-refractivity contribution in [3.63, 3.8) is 0 Å². The predicted molar refractivity (Wildman–Crippen MR) is 67.0 cm³/mol. The number of hydrogen-bond donors (Lipinski definition) is 0. The van der Waals surface area contributed by atoms with Gasteiger partial charge in [0.15, 0.2) is 0 Å². The highest BCUT2D eigenvalue weighted by Gasteiger charge is 2.03. The van der Waals surface area contributed by atoms with Crippen LogP contribution in [0.3, 0.4) is 0 Å². The molecule has 80 valence electrons. The Labute approximate surface area is 93.1 Å². The number of allylic oxidation sites excluding steroid dienone is 3. The van der Waals surface area contributed by atoms with Gasteiger partial charge in [-0.25, -0.2) is 0 Å². The minimum absolute atomic E-state index is 0.472. The normalized spacial score (nSPS) is 12.7. The van der Waals surface area contributed by atoms with Crippen molar-refractivity contribution in [3.05, 3.63) is 59.6 Å². The second kappa shape index (κ2) is 4.19. The molecule has 0 bridgehead atoms. The highest BCUT2D eigenvalue weighted by Crippen LogP contribution is 2.07. The van der Waals surface area contributed by atoms with E-state index >= 15 is 0 Å². The molecule has 2 rings (SSSR count). The van der Waals surface area contributed by atoms with Gasteiger partial charge in [0, 0.05) is 10.6 Å². The highest BCUT2D eigenvalue weighted by atomic mass is 19.2. The van der Waals surface area contributed by atoms with E-state index < -0.39 is 0 Å². The Kier molecular flexibility index (Phi) is 2.73. The molecule has 0 saturated carbocycles. The van der Waals surface area contributed by atoms with E-state index in [9.17, 15) is 4.48 Å². The first-order valence-electron chi connectivity index (χ1n) is 4.99. The number of benzene rings is 1. The van der Waals surface area contributed by atoms with Crippen LogP contribution in [-0.2, 0) is 0 Å². The Bertz CT molecular complexity index is 662. The molecule has 2 aromatic rings. The summed E-state index contributed by atoms with van der Waals surface area (Å²) in [6.45, 7) is 7.45. The van der Waals surface area contributed by atoms with Crippen LogP contribution in [0, 0.1) is 0 Å². The first-order chi connectivity index (χ1) is 7.75. The van der Waals surface area contributed by atoms with Crippen molar-refractivity contribution < 1.29 is 4.48 Å². The maximum absolute atomic E-state index is 13.9. The second-order valence-electron chi connectivity index (χ2n) is 3.45. The number of para-hydroxylation sites is 1. The van der Waals surface area contributed by atoms with Gasteiger partial charge in [-0.15, -0.1) is 0 Å². The highest BCUT2D eigenvalue weighted by molar-refractivity contribution is 5.81. The van der Waals surface area contributed by atoms with Gasteiger partial charge in [0.2, 0.25) is 0 Å². The molecular weight excluding hydrogens is 201 g/mol. The summed E-state index contributed by atoms with van der Waals surface area (Å²) in [7, 11) is 0. The quantitative estimate of drug-likeness (QED) is 0.675. The summed E-state index contributed by atoms with van der Waals surface area (Å²) < 4.78 is 13.9. The molecule has 1 nitrogen and oxygen atoms in total. The van der Waals surface area contributed by atoms with Gasteiger partial charge in [0.1, 0.15) is 0 Å². The first-order valence-corrected chi connectivity index (χ1v) is 4.99. The molecule has 0 aliphatic heterocycles. The van der Waals surface area contributed by atoms with Crippen LogP contribution < -0.4 is 10.6 Å². The van der Waals surface area contributed by atoms with Crippen molar-refractivity contribution >= 4 is 23.6 Å². The first kappa shape index (κ1) is 10.4. The summed E-state index contributed by atoms with van der Waals surface area (Å²) in [6.07, 6.45) is 6.82. The van der Waals surface area contributed by atoms with Crippen molar-refractivity contribution in [1.29, 1.82) is 0 Å². The van der Waals surface area contributed by atoms with Crippen molar-refractivity contribution in [3.8, 4) is 0 Å². The minimum atomic E-state index is 0.472. The lowest BCUT2D eigenvalue weighted by molar-refractivity contribution is 0.375. The van der Waals surface area contributed by atoms with Crippen molar-refractivity contribution in [2.45, 2.75) is 0 Å². The topological polar surface area (TPSA) is 4.93 Å². The third-order valence-corrected chi connectivity index (χ3v) is 2.46. The minimum Gasteiger partial charge on any atom is -0.179 e. The van der Waals surface area contributed by atoms with Crippen LogP contribution >= 0.6 is 0 Å². The van der Waals surface area contributed by atoms with E-state index in [1.165, 1.54) is 0 Å². The molecule has 0 radical (unpaired) electrons. The van der Waals surface area contributed by atoms with E-state index in [0.29, 0.717) is 20.9 Å². The molecule has 0 aliphatic rings. The molecule has 16 heavy (non-hydrogen) atoms. The maximum atomic E-state index is 13.9. The fourth-order valence-electron chi connectivity index (χ4n) is 1.68. The monoisotopic (exact) mass is 213 g/mol. The number of hydrogen-bond acceptors (Lipinski definition) is 0. The van der Waals surface area contributed by atoms with Crippen LogP contribution in [0.15, 0.2) is 49.1 Å². The number of fused-ring (bicyclic) bond motifs is 1. The number of nitrogens with zero attached hydrogens (tertiary/aromatic N) is 1. The summed E-state index contributed by atoms with van der Waals surface area (Å²) in [4.78, 5) is 0.658. The fourth-order valence-corrected chi connectivity index (χ4v) is 1.68. The van der Waals surface area contributed by atoms with Gasteiger partial charge in [-0.2, -0.15) is 4.79 Å². The molecule has 0 N–H and O–H groups in total. The zero-order valence-electron chi connectivity index (χ0n) is 8.86. The molecule has 0 spiro atoms. The zero-order chi connectivity index (χ0) is 11.5. The van der Waals surface area contributed by atoms with Crippen LogP contribution in [0.1, 0.15) is 0 Å². The summed E-state index contributed by atoms with van der Waals surface area (Å²) in [6, 6.07) is 7.28. The standard InChI is InChI=1S/C14H12FN/c1-3-4-5-9-13-11(2)12-8-6-7-10-14(12)16(13)15/h3-10H,1-2H2/b5-4-,13-9+. The summed E-state index contributed by atoms with van der Waals surface area (Å²) in [5, 5.41) is 2.01. The zero-order valence-corrected chi connectivity index (χ0v) is 8.86. The molecule has 2 heteroatoms. The summed E-state index contributed by atoms with van der Waals surface area (Å²) in [5.41, 5.74) is 0.547. The van der Waals surface area contributed by atoms with Crippen molar-refractivity contribution in [2.24, 2.45) is 0 Å². The third kappa shape index (κ3) is 1.58. The molecule has 0 unspecified atom stereocenters. The fraction of sp³-hybridized carbons (Fsp3) is 0. The molecular formula is C14H12FN. The number of aromatic nitrogens is 1. The predicted octanol–water partition coefficient (Wildman–Crippen LogP) is 2.31. The van der Waals surface area contributed by atoms with Gasteiger partial charge < -0.3 is 0 Å². The van der Waals surface area contributed by atoms with Crippen LogP contribution in [0.25, 0.3) is 23.6 Å². The molecule has 0 amide bonds. The van der Waals surface area contributed by atoms with E-state index in [0.717, 1.165) is 5.39 Å². The Morgan fingerprint density at radius 2 is 1.94 bits per heavy atom. The lowest BCUT2D eigenvalue weighted by atomic mass is 10.2. The largest absolute Gasteiger partial charge is 0.179 e. The molecule has 0 fully saturated rings. The average Bonchev–Trinajstić information content (AvgIpc) is 2.55. The van der Waals surface area contributed by atoms with Gasteiger partial charge in [-0.3, -0.25) is 0 Å². The lowest BCUT2D eigenvalue weighted by Crippen LogP contribution is -2.24. The number of halogens is 1. The van der Waals surface area contributed by atoms with Gasteiger partial charge in [0.05, 0.1) is 10.9 Å². The van der Waals surface area contributed by atoms with E-state index in [1.807, 2.05) is 12.1 Å². The SMILES string of the molecule is C=C/C=C\C=c1/c(=C)c2ccccc2n1F. The molecule has 0 aliphatic carbocycles. The molecule has 0 saturated heterocycles. The van der Waals surface area contributed by atoms with Crippen molar-refractivity contribution in [1.82, 2.24) is 4.79 Å². The van der Waals surface area contributed by atoms with Gasteiger partial charge in [-0.1, -0.05) is 54.1 Å². The Morgan fingerprint density at radius 1 is 1.19 bits per heavy atom.